The van der Waals surface area contributed by atoms with Crippen LogP contribution in [-0.4, -0.2) is 68.5 Å². The summed E-state index contributed by atoms with van der Waals surface area (Å²) in [7, 11) is 0. The lowest BCUT2D eigenvalue weighted by Gasteiger charge is -2.16. The molecule has 0 aliphatic rings. The maximum absolute atomic E-state index is 11.1. The van der Waals surface area contributed by atoms with Crippen LogP contribution in [0.15, 0.2) is 158 Å². The maximum atomic E-state index is 11.1. The molecule has 4 unspecified atom stereocenters. The number of carboxylic acids is 4. The Labute approximate surface area is 358 Å². The Kier molecular flexibility index (Phi) is 15.9. The SMILES string of the molecule is CC(Nc1ccc2ccc3cccc4ccc1c2c34)C(=O)O.CC(Nc1cccc2ccccc12)C(=O)O.NC(Cc1ccccc1)C(=O)O.NC(Cc1ccccc1)C(=O)O. The number of anilines is 2. The van der Waals surface area contributed by atoms with Crippen LogP contribution in [0, 0.1) is 0 Å². The highest BCUT2D eigenvalue weighted by atomic mass is 16.4. The fourth-order valence-corrected chi connectivity index (χ4v) is 6.71. The molecular formula is C50H50N4O8. The second-order valence-corrected chi connectivity index (χ2v) is 14.7. The third-order valence-corrected chi connectivity index (χ3v) is 10.0. The third kappa shape index (κ3) is 12.3. The van der Waals surface area contributed by atoms with E-state index in [0.717, 1.165) is 38.7 Å². The van der Waals surface area contributed by atoms with Crippen molar-refractivity contribution in [1.82, 2.24) is 0 Å². The molecule has 8 aromatic carbocycles. The molecule has 8 rings (SSSR count). The van der Waals surface area contributed by atoms with E-state index in [-0.39, 0.29) is 0 Å². The first-order valence-electron chi connectivity index (χ1n) is 19.9. The van der Waals surface area contributed by atoms with E-state index in [4.69, 9.17) is 31.9 Å². The zero-order valence-corrected chi connectivity index (χ0v) is 34.3. The van der Waals surface area contributed by atoms with E-state index in [1.54, 1.807) is 13.8 Å². The fourth-order valence-electron chi connectivity index (χ4n) is 6.71. The van der Waals surface area contributed by atoms with Crippen LogP contribution in [0.4, 0.5) is 11.4 Å². The lowest BCUT2D eigenvalue weighted by Crippen LogP contribution is -2.32. The predicted octanol–water partition coefficient (Wildman–Crippen LogP) is 8.48. The fraction of sp³-hybridized carbons (Fsp3) is 0.160. The van der Waals surface area contributed by atoms with Crippen LogP contribution in [0.2, 0.25) is 0 Å². The molecule has 0 aromatic heterocycles. The zero-order valence-electron chi connectivity index (χ0n) is 34.3. The second kappa shape index (κ2) is 21.6. The van der Waals surface area contributed by atoms with Gasteiger partial charge in [0.25, 0.3) is 0 Å². The molecule has 0 radical (unpaired) electrons. The van der Waals surface area contributed by atoms with Gasteiger partial charge >= 0.3 is 23.9 Å². The molecule has 62 heavy (non-hydrogen) atoms. The quantitative estimate of drug-likeness (QED) is 0.0543. The molecule has 0 saturated carbocycles. The molecule has 12 nitrogen and oxygen atoms in total. The number of aliphatic carboxylic acids is 4. The highest BCUT2D eigenvalue weighted by Gasteiger charge is 2.16. The monoisotopic (exact) mass is 834 g/mol. The molecular weight excluding hydrogens is 785 g/mol. The van der Waals surface area contributed by atoms with E-state index < -0.39 is 48.0 Å². The van der Waals surface area contributed by atoms with Gasteiger partial charge in [-0.1, -0.05) is 146 Å². The molecule has 0 heterocycles. The van der Waals surface area contributed by atoms with Crippen molar-refractivity contribution in [3.63, 3.8) is 0 Å². The van der Waals surface area contributed by atoms with E-state index in [2.05, 4.69) is 53.1 Å². The zero-order chi connectivity index (χ0) is 44.8. The van der Waals surface area contributed by atoms with Crippen molar-refractivity contribution < 1.29 is 39.6 Å². The number of hydrogen-bond acceptors (Lipinski definition) is 8. The largest absolute Gasteiger partial charge is 0.480 e. The van der Waals surface area contributed by atoms with Gasteiger partial charge in [0, 0.05) is 22.1 Å². The molecule has 0 amide bonds. The summed E-state index contributed by atoms with van der Waals surface area (Å²) in [5.74, 6) is -3.63. The van der Waals surface area contributed by atoms with E-state index in [9.17, 15) is 19.2 Å². The van der Waals surface area contributed by atoms with Crippen molar-refractivity contribution in [2.24, 2.45) is 11.5 Å². The van der Waals surface area contributed by atoms with Crippen molar-refractivity contribution in [1.29, 1.82) is 0 Å². The molecule has 0 spiro atoms. The summed E-state index contributed by atoms with van der Waals surface area (Å²) in [6.45, 7) is 3.28. The molecule has 12 heteroatoms. The number of fused-ring (bicyclic) bond motifs is 1. The number of carbonyl (C=O) groups is 4. The lowest BCUT2D eigenvalue weighted by molar-refractivity contribution is -0.139. The Hall–Kier alpha value is -7.54. The van der Waals surface area contributed by atoms with Gasteiger partial charge < -0.3 is 42.5 Å². The third-order valence-electron chi connectivity index (χ3n) is 10.0. The van der Waals surface area contributed by atoms with E-state index >= 15 is 0 Å². The highest BCUT2D eigenvalue weighted by Crippen LogP contribution is 2.37. The molecule has 10 N–H and O–H groups in total. The normalized spacial score (nSPS) is 12.6. The number of benzene rings is 8. The summed E-state index contributed by atoms with van der Waals surface area (Å²) in [5.41, 5.74) is 14.3. The van der Waals surface area contributed by atoms with E-state index in [0.29, 0.717) is 12.8 Å². The number of rotatable bonds is 12. The summed E-state index contributed by atoms with van der Waals surface area (Å²) in [4.78, 5) is 42.6. The smallest absolute Gasteiger partial charge is 0.325 e. The van der Waals surface area contributed by atoms with Crippen LogP contribution in [0.1, 0.15) is 25.0 Å². The minimum absolute atomic E-state index is 0.385. The number of nitrogens with two attached hydrogens (primary N) is 2. The van der Waals surface area contributed by atoms with Crippen molar-refractivity contribution >= 4 is 78.3 Å². The first kappa shape index (κ1) is 45.5. The van der Waals surface area contributed by atoms with Crippen LogP contribution >= 0.6 is 0 Å². The Morgan fingerprint density at radius 1 is 0.419 bits per heavy atom. The second-order valence-electron chi connectivity index (χ2n) is 14.7. The standard InChI is InChI=1S/C19H15NO2.C13H13NO2.2C9H11NO2/c1-11(19(21)22)20-16-10-8-14-6-5-12-3-2-4-13-7-9-15(16)18(14)17(12)13;1-9(13(15)16)14-12-8-4-6-10-5-2-3-7-11(10)12;2*10-8(9(11)12)6-7-4-2-1-3-5-7/h2-11,20H,1H3,(H,21,22);2-9,14H,1H3,(H,15,16);2*1-5,8H,6,10H2,(H,11,12). The van der Waals surface area contributed by atoms with E-state index in [1.165, 1.54) is 26.9 Å². The van der Waals surface area contributed by atoms with Gasteiger partial charge in [-0.05, 0) is 82.3 Å². The summed E-state index contributed by atoms with van der Waals surface area (Å²) in [5, 5.41) is 50.3. The summed E-state index contributed by atoms with van der Waals surface area (Å²) in [6.07, 6.45) is 0.770. The van der Waals surface area contributed by atoms with Crippen LogP contribution in [0.5, 0.6) is 0 Å². The van der Waals surface area contributed by atoms with Gasteiger partial charge in [-0.3, -0.25) is 19.2 Å². The van der Waals surface area contributed by atoms with Crippen LogP contribution in [0.25, 0.3) is 43.1 Å². The van der Waals surface area contributed by atoms with Gasteiger partial charge in [-0.15, -0.1) is 0 Å². The number of nitrogens with one attached hydrogen (secondary N) is 2. The first-order valence-corrected chi connectivity index (χ1v) is 19.9. The summed E-state index contributed by atoms with van der Waals surface area (Å²) < 4.78 is 0. The maximum Gasteiger partial charge on any atom is 0.325 e. The summed E-state index contributed by atoms with van der Waals surface area (Å²) >= 11 is 0. The molecule has 318 valence electrons. The van der Waals surface area contributed by atoms with Gasteiger partial charge in [0.2, 0.25) is 0 Å². The summed E-state index contributed by atoms with van der Waals surface area (Å²) in [6, 6.07) is 48.3. The minimum Gasteiger partial charge on any atom is -0.480 e. The molecule has 0 fully saturated rings. The Balaban J connectivity index is 0.000000162. The van der Waals surface area contributed by atoms with Crippen LogP contribution < -0.4 is 22.1 Å². The molecule has 0 aliphatic heterocycles. The Morgan fingerprint density at radius 3 is 1.31 bits per heavy atom. The van der Waals surface area contributed by atoms with Gasteiger partial charge in [-0.2, -0.15) is 0 Å². The Morgan fingerprint density at radius 2 is 0.806 bits per heavy atom. The van der Waals surface area contributed by atoms with Crippen molar-refractivity contribution in [2.75, 3.05) is 10.6 Å². The topological polar surface area (TPSA) is 225 Å². The van der Waals surface area contributed by atoms with E-state index in [1.807, 2.05) is 115 Å². The Bertz CT molecular complexity index is 2670. The van der Waals surface area contributed by atoms with Crippen LogP contribution in [0.3, 0.4) is 0 Å². The molecule has 4 atom stereocenters. The van der Waals surface area contributed by atoms with Crippen molar-refractivity contribution in [3.05, 3.63) is 169 Å². The molecule has 0 aliphatic carbocycles. The van der Waals surface area contributed by atoms with Crippen molar-refractivity contribution in [3.8, 4) is 0 Å². The average Bonchev–Trinajstić information content (AvgIpc) is 3.27. The van der Waals surface area contributed by atoms with Gasteiger partial charge in [0.15, 0.2) is 0 Å². The number of hydrogen-bond donors (Lipinski definition) is 8. The highest BCUT2D eigenvalue weighted by molar-refractivity contribution is 6.25. The minimum atomic E-state index is -0.959. The van der Waals surface area contributed by atoms with Gasteiger partial charge in [-0.25, -0.2) is 0 Å². The lowest BCUT2D eigenvalue weighted by atomic mass is 9.93. The number of carboxylic acid groups (broad SMARTS) is 4. The average molecular weight is 835 g/mol. The van der Waals surface area contributed by atoms with Crippen molar-refractivity contribution in [2.45, 2.75) is 50.9 Å². The van der Waals surface area contributed by atoms with Gasteiger partial charge in [0.05, 0.1) is 0 Å². The predicted molar refractivity (Wildman–Crippen MR) is 247 cm³/mol. The van der Waals surface area contributed by atoms with Crippen LogP contribution in [-0.2, 0) is 32.0 Å². The molecule has 8 aromatic rings. The first-order chi connectivity index (χ1) is 29.7. The van der Waals surface area contributed by atoms with Gasteiger partial charge in [0.1, 0.15) is 24.2 Å². The molecule has 0 bridgehead atoms. The molecule has 0 saturated heterocycles.